The molecule has 0 saturated heterocycles. The van der Waals surface area contributed by atoms with Gasteiger partial charge in [0.05, 0.1) is 16.6 Å². The summed E-state index contributed by atoms with van der Waals surface area (Å²) in [6.45, 7) is 3.53. The minimum Gasteiger partial charge on any atom is -0.481 e. The van der Waals surface area contributed by atoms with E-state index >= 15 is 0 Å². The summed E-state index contributed by atoms with van der Waals surface area (Å²) in [5.74, 6) is -1.22. The summed E-state index contributed by atoms with van der Waals surface area (Å²) in [5, 5.41) is 9.31. The molecule has 0 fully saturated rings. The maximum absolute atomic E-state index is 10.7. The number of anilines is 1. The lowest BCUT2D eigenvalue weighted by Crippen LogP contribution is -2.13. The molecule has 0 radical (unpaired) electrons. The third-order valence-electron chi connectivity index (χ3n) is 2.52. The smallest absolute Gasteiger partial charge is 0.306 e. The summed E-state index contributed by atoms with van der Waals surface area (Å²) in [4.78, 5) is 10.7. The van der Waals surface area contributed by atoms with E-state index in [1.54, 1.807) is 13.0 Å². The van der Waals surface area contributed by atoms with Gasteiger partial charge in [0.1, 0.15) is 0 Å². The molecule has 1 atom stereocenters. The average molecular weight is 228 g/mol. The lowest BCUT2D eigenvalue weighted by atomic mass is 9.96. The molecule has 4 heteroatoms. The summed E-state index contributed by atoms with van der Waals surface area (Å²) >= 11 is 5.84. The van der Waals surface area contributed by atoms with Gasteiger partial charge in [-0.3, -0.25) is 4.79 Å². The monoisotopic (exact) mass is 227 g/mol. The van der Waals surface area contributed by atoms with Crippen molar-refractivity contribution >= 4 is 23.3 Å². The summed E-state index contributed by atoms with van der Waals surface area (Å²) in [5.41, 5.74) is 8.10. The summed E-state index contributed by atoms with van der Waals surface area (Å²) in [6.07, 6.45) is 0.475. The first-order chi connectivity index (χ1) is 6.93. The fraction of sp³-hybridized carbons (Fsp3) is 0.364. The van der Waals surface area contributed by atoms with E-state index in [2.05, 4.69) is 0 Å². The van der Waals surface area contributed by atoms with Gasteiger partial charge in [-0.25, -0.2) is 0 Å². The molecule has 1 aromatic rings. The van der Waals surface area contributed by atoms with Crippen LogP contribution in [0.2, 0.25) is 5.02 Å². The van der Waals surface area contributed by atoms with Crippen LogP contribution in [-0.4, -0.2) is 11.1 Å². The normalized spacial score (nSPS) is 12.5. The van der Waals surface area contributed by atoms with Crippen LogP contribution in [0.1, 0.15) is 18.1 Å². The Morgan fingerprint density at radius 3 is 2.73 bits per heavy atom. The molecule has 0 aliphatic heterocycles. The lowest BCUT2D eigenvalue weighted by molar-refractivity contribution is -0.141. The molecule has 0 aliphatic rings. The molecular formula is C11H14ClNO2. The van der Waals surface area contributed by atoms with Crippen LogP contribution in [-0.2, 0) is 11.2 Å². The van der Waals surface area contributed by atoms with Gasteiger partial charge in [0, 0.05) is 0 Å². The molecule has 1 rings (SSSR count). The van der Waals surface area contributed by atoms with Gasteiger partial charge in [0.2, 0.25) is 0 Å². The number of halogens is 1. The zero-order valence-electron chi connectivity index (χ0n) is 8.75. The van der Waals surface area contributed by atoms with E-state index in [9.17, 15) is 4.79 Å². The van der Waals surface area contributed by atoms with Crippen LogP contribution >= 0.6 is 11.6 Å². The Morgan fingerprint density at radius 2 is 2.20 bits per heavy atom. The van der Waals surface area contributed by atoms with Gasteiger partial charge in [-0.1, -0.05) is 24.6 Å². The van der Waals surface area contributed by atoms with Gasteiger partial charge in [0.15, 0.2) is 0 Å². The molecule has 0 heterocycles. The number of nitrogen functional groups attached to an aromatic ring is 1. The van der Waals surface area contributed by atoms with Crippen molar-refractivity contribution in [2.24, 2.45) is 5.92 Å². The first kappa shape index (κ1) is 11.9. The van der Waals surface area contributed by atoms with Gasteiger partial charge in [-0.2, -0.15) is 0 Å². The Bertz CT molecular complexity index is 390. The predicted molar refractivity (Wildman–Crippen MR) is 61.1 cm³/mol. The Hall–Kier alpha value is -1.22. The Morgan fingerprint density at radius 1 is 1.60 bits per heavy atom. The molecule has 1 aromatic carbocycles. The minimum absolute atomic E-state index is 0.413. The second-order valence-corrected chi connectivity index (χ2v) is 4.10. The molecule has 0 spiro atoms. The van der Waals surface area contributed by atoms with Gasteiger partial charge in [-0.15, -0.1) is 0 Å². The molecule has 0 saturated carbocycles. The standard InChI is InChI=1S/C11H14ClNO2/c1-6(11(14)15)5-8-3-4-9(12)10(13)7(8)2/h3-4,6H,5,13H2,1-2H3,(H,14,15)/t6-/m1/s1. The highest BCUT2D eigenvalue weighted by atomic mass is 35.5. The average Bonchev–Trinajstić information content (AvgIpc) is 2.18. The van der Waals surface area contributed by atoms with Crippen molar-refractivity contribution in [2.45, 2.75) is 20.3 Å². The zero-order valence-corrected chi connectivity index (χ0v) is 9.51. The van der Waals surface area contributed by atoms with Crippen molar-refractivity contribution in [3.63, 3.8) is 0 Å². The van der Waals surface area contributed by atoms with Gasteiger partial charge in [-0.05, 0) is 30.5 Å². The Labute approximate surface area is 93.9 Å². The van der Waals surface area contributed by atoms with E-state index in [1.165, 1.54) is 0 Å². The van der Waals surface area contributed by atoms with E-state index in [-0.39, 0.29) is 0 Å². The summed E-state index contributed by atoms with van der Waals surface area (Å²) < 4.78 is 0. The van der Waals surface area contributed by atoms with Crippen molar-refractivity contribution in [1.29, 1.82) is 0 Å². The van der Waals surface area contributed by atoms with Crippen LogP contribution in [0, 0.1) is 12.8 Å². The maximum Gasteiger partial charge on any atom is 0.306 e. The molecule has 3 N–H and O–H groups in total. The topological polar surface area (TPSA) is 63.3 Å². The molecule has 0 aromatic heterocycles. The van der Waals surface area contributed by atoms with Crippen molar-refractivity contribution in [3.8, 4) is 0 Å². The SMILES string of the molecule is Cc1c(C[C@@H](C)C(=O)O)ccc(Cl)c1N. The number of aliphatic carboxylic acids is 1. The molecule has 0 aliphatic carbocycles. The third kappa shape index (κ3) is 2.63. The number of hydrogen-bond donors (Lipinski definition) is 2. The molecule has 15 heavy (non-hydrogen) atoms. The molecule has 3 nitrogen and oxygen atoms in total. The Kier molecular flexibility index (Phi) is 3.58. The van der Waals surface area contributed by atoms with Crippen LogP contribution in [0.5, 0.6) is 0 Å². The summed E-state index contributed by atoms with van der Waals surface area (Å²) in [7, 11) is 0. The number of carboxylic acid groups (broad SMARTS) is 1. The van der Waals surface area contributed by atoms with Crippen molar-refractivity contribution < 1.29 is 9.90 Å². The first-order valence-corrected chi connectivity index (χ1v) is 5.07. The van der Waals surface area contributed by atoms with Gasteiger partial charge >= 0.3 is 5.97 Å². The highest BCUT2D eigenvalue weighted by Gasteiger charge is 2.14. The predicted octanol–water partition coefficient (Wildman–Crippen LogP) is 2.49. The van der Waals surface area contributed by atoms with E-state index in [0.29, 0.717) is 17.1 Å². The first-order valence-electron chi connectivity index (χ1n) is 4.69. The Balaban J connectivity index is 2.97. The number of benzene rings is 1. The van der Waals surface area contributed by atoms with Crippen LogP contribution in [0.3, 0.4) is 0 Å². The zero-order chi connectivity index (χ0) is 11.6. The number of carboxylic acids is 1. The maximum atomic E-state index is 10.7. The number of carbonyl (C=O) groups is 1. The van der Waals surface area contributed by atoms with E-state index in [4.69, 9.17) is 22.4 Å². The third-order valence-corrected chi connectivity index (χ3v) is 2.85. The highest BCUT2D eigenvalue weighted by Crippen LogP contribution is 2.26. The highest BCUT2D eigenvalue weighted by molar-refractivity contribution is 6.33. The van der Waals surface area contributed by atoms with Crippen LogP contribution in [0.15, 0.2) is 12.1 Å². The second-order valence-electron chi connectivity index (χ2n) is 3.69. The summed E-state index contributed by atoms with van der Waals surface area (Å²) in [6, 6.07) is 3.53. The van der Waals surface area contributed by atoms with Gasteiger partial charge in [0.25, 0.3) is 0 Å². The molecule has 82 valence electrons. The van der Waals surface area contributed by atoms with Crippen LogP contribution in [0.4, 0.5) is 5.69 Å². The second kappa shape index (κ2) is 4.53. The molecule has 0 amide bonds. The quantitative estimate of drug-likeness (QED) is 0.780. The van der Waals surface area contributed by atoms with Crippen LogP contribution < -0.4 is 5.73 Å². The van der Waals surface area contributed by atoms with E-state index in [1.807, 2.05) is 13.0 Å². The van der Waals surface area contributed by atoms with E-state index in [0.717, 1.165) is 11.1 Å². The van der Waals surface area contributed by atoms with Crippen molar-refractivity contribution in [1.82, 2.24) is 0 Å². The molecule has 0 bridgehead atoms. The van der Waals surface area contributed by atoms with Crippen molar-refractivity contribution in [3.05, 3.63) is 28.3 Å². The largest absolute Gasteiger partial charge is 0.481 e. The van der Waals surface area contributed by atoms with Crippen molar-refractivity contribution in [2.75, 3.05) is 5.73 Å². The fourth-order valence-corrected chi connectivity index (χ4v) is 1.58. The number of hydrogen-bond acceptors (Lipinski definition) is 2. The lowest BCUT2D eigenvalue weighted by Gasteiger charge is -2.12. The number of nitrogens with two attached hydrogens (primary N) is 1. The number of rotatable bonds is 3. The van der Waals surface area contributed by atoms with Crippen LogP contribution in [0.25, 0.3) is 0 Å². The fourth-order valence-electron chi connectivity index (χ4n) is 1.38. The van der Waals surface area contributed by atoms with E-state index < -0.39 is 11.9 Å². The minimum atomic E-state index is -0.803. The molecule has 0 unspecified atom stereocenters. The van der Waals surface area contributed by atoms with Gasteiger partial charge < -0.3 is 10.8 Å². The molecular weight excluding hydrogens is 214 g/mol.